The van der Waals surface area contributed by atoms with E-state index in [1.807, 2.05) is 6.92 Å². The van der Waals surface area contributed by atoms with Crippen LogP contribution in [0.25, 0.3) is 0 Å². The first-order valence-electron chi connectivity index (χ1n) is 9.59. The summed E-state index contributed by atoms with van der Waals surface area (Å²) in [6, 6.07) is 8.49. The summed E-state index contributed by atoms with van der Waals surface area (Å²) >= 11 is 0. The lowest BCUT2D eigenvalue weighted by atomic mass is 10.1. The number of rotatable bonds is 4. The summed E-state index contributed by atoms with van der Waals surface area (Å²) in [7, 11) is 0. The van der Waals surface area contributed by atoms with Gasteiger partial charge in [-0.1, -0.05) is 6.07 Å². The van der Waals surface area contributed by atoms with Crippen LogP contribution in [-0.4, -0.2) is 29.8 Å². The molecule has 2 aromatic carbocycles. The topological polar surface area (TPSA) is 70.7 Å². The molecule has 0 aromatic heterocycles. The molecule has 1 saturated heterocycles. The smallest absolute Gasteiger partial charge is 0.416 e. The molecular formula is C21H20F3N3O3. The average Bonchev–Trinajstić information content (AvgIpc) is 3.10. The Kier molecular flexibility index (Phi) is 5.05. The summed E-state index contributed by atoms with van der Waals surface area (Å²) < 4.78 is 44.5. The zero-order chi connectivity index (χ0) is 21.5. The van der Waals surface area contributed by atoms with Gasteiger partial charge in [0, 0.05) is 26.1 Å². The van der Waals surface area contributed by atoms with E-state index < -0.39 is 11.7 Å². The van der Waals surface area contributed by atoms with Crippen molar-refractivity contribution in [3.8, 4) is 11.5 Å². The van der Waals surface area contributed by atoms with Gasteiger partial charge in [-0.15, -0.1) is 0 Å². The van der Waals surface area contributed by atoms with Gasteiger partial charge in [0.2, 0.25) is 11.8 Å². The maximum Gasteiger partial charge on any atom is 0.416 e. The molecule has 2 aliphatic heterocycles. The molecule has 9 heteroatoms. The summed E-state index contributed by atoms with van der Waals surface area (Å²) in [6.45, 7) is 3.09. The van der Waals surface area contributed by atoms with E-state index in [1.165, 1.54) is 6.07 Å². The molecule has 1 unspecified atom stereocenters. The zero-order valence-corrected chi connectivity index (χ0v) is 16.2. The van der Waals surface area contributed by atoms with Crippen LogP contribution in [0.1, 0.15) is 24.5 Å². The second-order valence-electron chi connectivity index (χ2n) is 7.32. The van der Waals surface area contributed by atoms with Crippen molar-refractivity contribution in [1.82, 2.24) is 10.2 Å². The van der Waals surface area contributed by atoms with Gasteiger partial charge in [-0.25, -0.2) is 0 Å². The molecule has 30 heavy (non-hydrogen) atoms. The summed E-state index contributed by atoms with van der Waals surface area (Å²) in [6.07, 6.45) is -4.25. The molecule has 2 aliphatic rings. The third-order valence-electron chi connectivity index (χ3n) is 5.28. The first-order valence-corrected chi connectivity index (χ1v) is 9.59. The minimum absolute atomic E-state index is 0.0252. The van der Waals surface area contributed by atoms with Crippen LogP contribution in [0.5, 0.6) is 11.5 Å². The first kappa shape index (κ1) is 20.1. The van der Waals surface area contributed by atoms with E-state index in [4.69, 9.17) is 4.74 Å². The number of fused-ring (bicyclic) bond motifs is 2. The molecule has 4 rings (SSSR count). The number of hydrogen-bond donors (Lipinski definition) is 2. The Bertz CT molecular complexity index is 1010. The summed E-state index contributed by atoms with van der Waals surface area (Å²) in [5, 5.41) is 5.87. The number of hydrogen-bond acceptors (Lipinski definition) is 4. The van der Waals surface area contributed by atoms with Crippen molar-refractivity contribution in [3.63, 3.8) is 0 Å². The second kappa shape index (κ2) is 7.55. The van der Waals surface area contributed by atoms with E-state index in [9.17, 15) is 22.8 Å². The quantitative estimate of drug-likeness (QED) is 0.670. The van der Waals surface area contributed by atoms with Gasteiger partial charge in [-0.2, -0.15) is 13.2 Å². The van der Waals surface area contributed by atoms with Crippen LogP contribution in [0, 0.1) is 5.92 Å². The lowest BCUT2D eigenvalue weighted by Crippen LogP contribution is -2.32. The predicted molar refractivity (Wildman–Crippen MR) is 103 cm³/mol. The Labute approximate surface area is 171 Å². The SMILES string of the molecule is CCN1CC(C(=O)NCc2ccc3c(c2)Oc2cc(C(F)(F)F)ccc2N3)CC1=O. The predicted octanol–water partition coefficient (Wildman–Crippen LogP) is 4.04. The van der Waals surface area contributed by atoms with Crippen LogP contribution in [0.15, 0.2) is 36.4 Å². The number of nitrogens with one attached hydrogen (secondary N) is 2. The van der Waals surface area contributed by atoms with E-state index in [0.29, 0.717) is 30.2 Å². The third-order valence-corrected chi connectivity index (χ3v) is 5.28. The Balaban J connectivity index is 1.43. The number of amides is 2. The van der Waals surface area contributed by atoms with Crippen LogP contribution >= 0.6 is 0 Å². The number of anilines is 2. The van der Waals surface area contributed by atoms with Gasteiger partial charge in [0.05, 0.1) is 22.9 Å². The van der Waals surface area contributed by atoms with Crippen LogP contribution in [-0.2, 0) is 22.3 Å². The Morgan fingerprint density at radius 1 is 1.20 bits per heavy atom. The lowest BCUT2D eigenvalue weighted by molar-refractivity contribution is -0.137. The molecule has 0 aliphatic carbocycles. The highest BCUT2D eigenvalue weighted by Crippen LogP contribution is 2.44. The highest BCUT2D eigenvalue weighted by Gasteiger charge is 2.34. The van der Waals surface area contributed by atoms with E-state index in [1.54, 1.807) is 23.1 Å². The van der Waals surface area contributed by atoms with Crippen LogP contribution in [0.3, 0.4) is 0 Å². The van der Waals surface area contributed by atoms with Gasteiger partial charge in [0.25, 0.3) is 0 Å². The molecule has 1 fully saturated rings. The molecule has 1 atom stereocenters. The third kappa shape index (κ3) is 3.92. The molecule has 2 aromatic rings. The lowest BCUT2D eigenvalue weighted by Gasteiger charge is -2.23. The number of carbonyl (C=O) groups excluding carboxylic acids is 2. The largest absolute Gasteiger partial charge is 0.453 e. The van der Waals surface area contributed by atoms with Gasteiger partial charge < -0.3 is 20.3 Å². The Morgan fingerprint density at radius 3 is 2.57 bits per heavy atom. The Morgan fingerprint density at radius 2 is 1.90 bits per heavy atom. The molecule has 0 bridgehead atoms. The van der Waals surface area contributed by atoms with E-state index >= 15 is 0 Å². The molecule has 0 spiro atoms. The van der Waals surface area contributed by atoms with E-state index in [-0.39, 0.29) is 36.4 Å². The molecule has 2 heterocycles. The zero-order valence-electron chi connectivity index (χ0n) is 16.2. The summed E-state index contributed by atoms with van der Waals surface area (Å²) in [5.41, 5.74) is 1.01. The van der Waals surface area contributed by atoms with Crippen molar-refractivity contribution in [2.24, 2.45) is 5.92 Å². The van der Waals surface area contributed by atoms with Gasteiger partial charge in [0.15, 0.2) is 11.5 Å². The van der Waals surface area contributed by atoms with Gasteiger partial charge in [0.1, 0.15) is 0 Å². The standard InChI is InChI=1S/C21H20F3N3O3/c1-2-27-11-13(8-19(27)28)20(29)25-10-12-3-5-15-17(7-12)30-18-9-14(21(22,23)24)4-6-16(18)26-15/h3-7,9,13,26H,2,8,10-11H2,1H3,(H,25,29). The van der Waals surface area contributed by atoms with Gasteiger partial charge in [-0.05, 0) is 42.8 Å². The monoisotopic (exact) mass is 419 g/mol. The van der Waals surface area contributed by atoms with E-state index in [2.05, 4.69) is 10.6 Å². The maximum absolute atomic E-state index is 13.0. The fourth-order valence-electron chi connectivity index (χ4n) is 3.60. The molecule has 0 saturated carbocycles. The summed E-state index contributed by atoms with van der Waals surface area (Å²) in [4.78, 5) is 25.8. The Hall–Kier alpha value is -3.23. The van der Waals surface area contributed by atoms with E-state index in [0.717, 1.165) is 17.7 Å². The number of carbonyl (C=O) groups is 2. The molecule has 2 N–H and O–H groups in total. The van der Waals surface area contributed by atoms with Crippen molar-refractivity contribution >= 4 is 23.2 Å². The van der Waals surface area contributed by atoms with Crippen molar-refractivity contribution in [3.05, 3.63) is 47.5 Å². The second-order valence-corrected chi connectivity index (χ2v) is 7.32. The molecule has 0 radical (unpaired) electrons. The number of ether oxygens (including phenoxy) is 1. The number of likely N-dealkylation sites (tertiary alicyclic amines) is 1. The maximum atomic E-state index is 13.0. The molecular weight excluding hydrogens is 399 g/mol. The number of benzene rings is 2. The van der Waals surface area contributed by atoms with Crippen molar-refractivity contribution in [2.45, 2.75) is 26.1 Å². The molecule has 2 amide bonds. The highest BCUT2D eigenvalue weighted by atomic mass is 19.4. The minimum Gasteiger partial charge on any atom is -0.453 e. The average molecular weight is 419 g/mol. The van der Waals surface area contributed by atoms with Crippen molar-refractivity contribution in [2.75, 3.05) is 18.4 Å². The van der Waals surface area contributed by atoms with Gasteiger partial charge in [-0.3, -0.25) is 9.59 Å². The first-order chi connectivity index (χ1) is 14.2. The van der Waals surface area contributed by atoms with Crippen molar-refractivity contribution < 1.29 is 27.5 Å². The van der Waals surface area contributed by atoms with Crippen LogP contribution in [0.2, 0.25) is 0 Å². The fraction of sp³-hybridized carbons (Fsp3) is 0.333. The normalized spacial score (nSPS) is 17.7. The molecule has 158 valence electrons. The number of halogens is 3. The van der Waals surface area contributed by atoms with Crippen LogP contribution < -0.4 is 15.4 Å². The number of alkyl halides is 3. The minimum atomic E-state index is -4.46. The fourth-order valence-corrected chi connectivity index (χ4v) is 3.60. The molecule has 6 nitrogen and oxygen atoms in total. The number of nitrogens with zero attached hydrogens (tertiary/aromatic N) is 1. The van der Waals surface area contributed by atoms with Crippen molar-refractivity contribution in [1.29, 1.82) is 0 Å². The van der Waals surface area contributed by atoms with Crippen LogP contribution in [0.4, 0.5) is 24.5 Å². The summed E-state index contributed by atoms with van der Waals surface area (Å²) in [5.74, 6) is -0.135. The van der Waals surface area contributed by atoms with Gasteiger partial charge >= 0.3 is 6.18 Å². The highest BCUT2D eigenvalue weighted by molar-refractivity contribution is 5.89.